The highest BCUT2D eigenvalue weighted by atomic mass is 16.5. The zero-order valence-electron chi connectivity index (χ0n) is 9.95. The maximum Gasteiger partial charge on any atom is 0.234 e. The van der Waals surface area contributed by atoms with E-state index in [1.54, 1.807) is 0 Å². The molecule has 0 spiro atoms. The summed E-state index contributed by atoms with van der Waals surface area (Å²) in [4.78, 5) is 13.5. The minimum Gasteiger partial charge on any atom is -0.395 e. The molecule has 0 aromatic heterocycles. The smallest absolute Gasteiger partial charge is 0.234 e. The van der Waals surface area contributed by atoms with Gasteiger partial charge in [0.05, 0.1) is 19.3 Å². The quantitative estimate of drug-likeness (QED) is 0.624. The zero-order valence-corrected chi connectivity index (χ0v) is 9.95. The maximum absolute atomic E-state index is 11.6. The first-order chi connectivity index (χ1) is 7.76. The van der Waals surface area contributed by atoms with Gasteiger partial charge < -0.3 is 15.2 Å². The predicted molar refractivity (Wildman–Crippen MR) is 61.2 cm³/mol. The predicted octanol–water partition coefficient (Wildman–Crippen LogP) is -0.404. The number of carbonyl (C=O) groups excluding carboxylic acids is 1. The van der Waals surface area contributed by atoms with E-state index in [0.29, 0.717) is 19.6 Å². The number of amides is 1. The van der Waals surface area contributed by atoms with E-state index in [4.69, 9.17) is 9.84 Å². The van der Waals surface area contributed by atoms with Crippen LogP contribution in [0.3, 0.4) is 0 Å². The van der Waals surface area contributed by atoms with E-state index in [-0.39, 0.29) is 18.6 Å². The minimum atomic E-state index is 0.00537. The fourth-order valence-corrected chi connectivity index (χ4v) is 1.78. The molecule has 1 saturated heterocycles. The fourth-order valence-electron chi connectivity index (χ4n) is 1.78. The van der Waals surface area contributed by atoms with Gasteiger partial charge in [0, 0.05) is 19.7 Å². The molecule has 0 aromatic carbocycles. The maximum atomic E-state index is 11.6. The molecule has 1 amide bonds. The largest absolute Gasteiger partial charge is 0.395 e. The second kappa shape index (κ2) is 7.60. The Morgan fingerprint density at radius 2 is 2.44 bits per heavy atom. The highest BCUT2D eigenvalue weighted by molar-refractivity contribution is 5.78. The van der Waals surface area contributed by atoms with E-state index < -0.39 is 0 Å². The molecular formula is C11H22N2O3. The Morgan fingerprint density at radius 1 is 1.62 bits per heavy atom. The number of nitrogens with zero attached hydrogens (tertiary/aromatic N) is 1. The van der Waals surface area contributed by atoms with Gasteiger partial charge in [-0.25, -0.2) is 0 Å². The molecule has 2 N–H and O–H groups in total. The summed E-state index contributed by atoms with van der Waals surface area (Å²) in [6.45, 7) is 5.15. The van der Waals surface area contributed by atoms with Gasteiger partial charge in [-0.15, -0.1) is 0 Å². The van der Waals surface area contributed by atoms with Crippen molar-refractivity contribution in [2.75, 3.05) is 39.4 Å². The SMILES string of the molecule is CCN(CCO)CC(=O)NCC1CCCO1. The van der Waals surface area contributed by atoms with Crippen LogP contribution in [-0.4, -0.2) is 61.4 Å². The lowest BCUT2D eigenvalue weighted by atomic mass is 10.2. The molecule has 1 rings (SSSR count). The molecule has 1 fully saturated rings. The van der Waals surface area contributed by atoms with Crippen molar-refractivity contribution >= 4 is 5.91 Å². The summed E-state index contributed by atoms with van der Waals surface area (Å²) in [7, 11) is 0. The third-order valence-corrected chi connectivity index (χ3v) is 2.78. The Kier molecular flexibility index (Phi) is 6.37. The third-order valence-electron chi connectivity index (χ3n) is 2.78. The van der Waals surface area contributed by atoms with Crippen LogP contribution in [0.25, 0.3) is 0 Å². The van der Waals surface area contributed by atoms with Crippen LogP contribution in [0.2, 0.25) is 0 Å². The van der Waals surface area contributed by atoms with Crippen LogP contribution in [-0.2, 0) is 9.53 Å². The summed E-state index contributed by atoms with van der Waals surface area (Å²) in [5.41, 5.74) is 0. The summed E-state index contributed by atoms with van der Waals surface area (Å²) < 4.78 is 5.41. The standard InChI is InChI=1S/C11H22N2O3/c1-2-13(5-6-14)9-11(15)12-8-10-4-3-7-16-10/h10,14H,2-9H2,1H3,(H,12,15). The Hall–Kier alpha value is -0.650. The molecule has 0 radical (unpaired) electrons. The molecule has 5 nitrogen and oxygen atoms in total. The number of carbonyl (C=O) groups is 1. The van der Waals surface area contributed by atoms with Crippen molar-refractivity contribution in [3.05, 3.63) is 0 Å². The lowest BCUT2D eigenvalue weighted by molar-refractivity contribution is -0.122. The van der Waals surface area contributed by atoms with E-state index in [1.165, 1.54) is 0 Å². The molecule has 94 valence electrons. The highest BCUT2D eigenvalue weighted by Crippen LogP contribution is 2.10. The summed E-state index contributed by atoms with van der Waals surface area (Å²) in [5, 5.41) is 11.7. The summed E-state index contributed by atoms with van der Waals surface area (Å²) >= 11 is 0. The lowest BCUT2D eigenvalue weighted by Gasteiger charge is -2.19. The molecule has 1 aliphatic rings. The Balaban J connectivity index is 2.13. The van der Waals surface area contributed by atoms with Gasteiger partial charge in [0.25, 0.3) is 0 Å². The Bertz CT molecular complexity index is 205. The fraction of sp³-hybridized carbons (Fsp3) is 0.909. The number of aliphatic hydroxyl groups excluding tert-OH is 1. The molecule has 1 atom stereocenters. The normalized spacial score (nSPS) is 20.3. The van der Waals surface area contributed by atoms with Gasteiger partial charge in [-0.05, 0) is 19.4 Å². The zero-order chi connectivity index (χ0) is 11.8. The second-order valence-electron chi connectivity index (χ2n) is 4.03. The van der Waals surface area contributed by atoms with E-state index in [1.807, 2.05) is 11.8 Å². The molecule has 5 heteroatoms. The van der Waals surface area contributed by atoms with Crippen LogP contribution in [0.1, 0.15) is 19.8 Å². The number of rotatable bonds is 7. The molecule has 0 bridgehead atoms. The molecule has 1 aliphatic heterocycles. The number of hydrogen-bond donors (Lipinski definition) is 2. The highest BCUT2D eigenvalue weighted by Gasteiger charge is 2.16. The topological polar surface area (TPSA) is 61.8 Å². The van der Waals surface area contributed by atoms with Crippen LogP contribution in [0.15, 0.2) is 0 Å². The second-order valence-corrected chi connectivity index (χ2v) is 4.03. The van der Waals surface area contributed by atoms with Crippen molar-refractivity contribution < 1.29 is 14.6 Å². The molecule has 1 unspecified atom stereocenters. The summed E-state index contributed by atoms with van der Waals surface area (Å²) in [5.74, 6) is 0.00537. The average molecular weight is 230 g/mol. The number of aliphatic hydroxyl groups is 1. The van der Waals surface area contributed by atoms with Gasteiger partial charge in [-0.3, -0.25) is 9.69 Å². The number of likely N-dealkylation sites (N-methyl/N-ethyl adjacent to an activating group) is 1. The first-order valence-corrected chi connectivity index (χ1v) is 5.97. The van der Waals surface area contributed by atoms with E-state index in [0.717, 1.165) is 26.0 Å². The number of nitrogens with one attached hydrogen (secondary N) is 1. The Morgan fingerprint density at radius 3 is 3.00 bits per heavy atom. The first-order valence-electron chi connectivity index (χ1n) is 5.97. The van der Waals surface area contributed by atoms with Crippen molar-refractivity contribution in [2.45, 2.75) is 25.9 Å². The lowest BCUT2D eigenvalue weighted by Crippen LogP contribution is -2.41. The molecule has 0 aliphatic carbocycles. The monoisotopic (exact) mass is 230 g/mol. The van der Waals surface area contributed by atoms with Gasteiger partial charge in [-0.2, -0.15) is 0 Å². The van der Waals surface area contributed by atoms with E-state index in [2.05, 4.69) is 5.32 Å². The summed E-state index contributed by atoms with van der Waals surface area (Å²) in [6.07, 6.45) is 2.32. The van der Waals surface area contributed by atoms with Crippen molar-refractivity contribution in [1.82, 2.24) is 10.2 Å². The molecule has 16 heavy (non-hydrogen) atoms. The van der Waals surface area contributed by atoms with Gasteiger partial charge in [0.2, 0.25) is 5.91 Å². The number of hydrogen-bond acceptors (Lipinski definition) is 4. The minimum absolute atomic E-state index is 0.00537. The van der Waals surface area contributed by atoms with Gasteiger partial charge in [0.15, 0.2) is 0 Å². The average Bonchev–Trinajstić information content (AvgIpc) is 2.78. The molecular weight excluding hydrogens is 208 g/mol. The molecule has 1 heterocycles. The molecule has 0 aromatic rings. The van der Waals surface area contributed by atoms with Crippen LogP contribution in [0.4, 0.5) is 0 Å². The van der Waals surface area contributed by atoms with Crippen LogP contribution in [0.5, 0.6) is 0 Å². The summed E-state index contributed by atoms with van der Waals surface area (Å²) in [6, 6.07) is 0. The van der Waals surface area contributed by atoms with E-state index in [9.17, 15) is 4.79 Å². The van der Waals surface area contributed by atoms with Gasteiger partial charge >= 0.3 is 0 Å². The number of ether oxygens (including phenoxy) is 1. The molecule has 0 saturated carbocycles. The van der Waals surface area contributed by atoms with Crippen molar-refractivity contribution in [2.24, 2.45) is 0 Å². The van der Waals surface area contributed by atoms with Crippen molar-refractivity contribution in [1.29, 1.82) is 0 Å². The Labute approximate surface area is 96.8 Å². The van der Waals surface area contributed by atoms with Crippen LogP contribution >= 0.6 is 0 Å². The first kappa shape index (κ1) is 13.4. The van der Waals surface area contributed by atoms with Crippen LogP contribution in [0, 0.1) is 0 Å². The van der Waals surface area contributed by atoms with Gasteiger partial charge in [-0.1, -0.05) is 6.92 Å². The van der Waals surface area contributed by atoms with Crippen molar-refractivity contribution in [3.8, 4) is 0 Å². The van der Waals surface area contributed by atoms with Crippen molar-refractivity contribution in [3.63, 3.8) is 0 Å². The van der Waals surface area contributed by atoms with E-state index >= 15 is 0 Å². The third kappa shape index (κ3) is 4.92. The van der Waals surface area contributed by atoms with Gasteiger partial charge in [0.1, 0.15) is 0 Å². The van der Waals surface area contributed by atoms with Crippen LogP contribution < -0.4 is 5.32 Å².